The van der Waals surface area contributed by atoms with Crippen LogP contribution in [0.4, 0.5) is 0 Å². The number of nitrogens with zero attached hydrogens (tertiary/aromatic N) is 1. The Kier molecular flexibility index (Phi) is 1.52. The third-order valence-corrected chi connectivity index (χ3v) is 2.71. The molecule has 4 heteroatoms. The van der Waals surface area contributed by atoms with Gasteiger partial charge in [0.05, 0.1) is 18.1 Å². The highest BCUT2D eigenvalue weighted by Crippen LogP contribution is 2.29. The molecule has 4 nitrogen and oxygen atoms in total. The number of hydrogen-bond donors (Lipinski definition) is 2. The molecule has 3 aliphatic rings. The van der Waals surface area contributed by atoms with Gasteiger partial charge in [-0.3, -0.25) is 15.0 Å². The summed E-state index contributed by atoms with van der Waals surface area (Å²) < 4.78 is 0. The van der Waals surface area contributed by atoms with Crippen molar-refractivity contribution in [2.24, 2.45) is 0 Å². The molecule has 3 heterocycles. The third kappa shape index (κ3) is 0.943. The van der Waals surface area contributed by atoms with Crippen LogP contribution in [0.25, 0.3) is 0 Å². The number of fused-ring (bicyclic) bond motifs is 2. The maximum Gasteiger partial charge on any atom is 0.234 e. The zero-order valence-corrected chi connectivity index (χ0v) is 7.71. The monoisotopic (exact) mass is 189 g/mol. The van der Waals surface area contributed by atoms with Gasteiger partial charge in [-0.2, -0.15) is 0 Å². The molecule has 0 aromatic rings. The zero-order valence-electron chi connectivity index (χ0n) is 7.71. The summed E-state index contributed by atoms with van der Waals surface area (Å²) in [5.74, 6) is 0.156. The summed E-state index contributed by atoms with van der Waals surface area (Å²) in [5, 5.41) is 6.49. The molecule has 14 heavy (non-hydrogen) atoms. The van der Waals surface area contributed by atoms with Gasteiger partial charge in [-0.25, -0.2) is 0 Å². The lowest BCUT2D eigenvalue weighted by Crippen LogP contribution is -2.40. The Morgan fingerprint density at radius 3 is 3.29 bits per heavy atom. The fraction of sp³-hybridized carbons (Fsp3) is 0.300. The van der Waals surface area contributed by atoms with Gasteiger partial charge >= 0.3 is 0 Å². The molecule has 3 aliphatic heterocycles. The molecule has 1 amide bonds. The first-order valence-corrected chi connectivity index (χ1v) is 4.75. The fourth-order valence-electron chi connectivity index (χ4n) is 2.01. The third-order valence-electron chi connectivity index (χ3n) is 2.71. The first kappa shape index (κ1) is 7.82. The van der Waals surface area contributed by atoms with Gasteiger partial charge < -0.3 is 5.32 Å². The van der Waals surface area contributed by atoms with E-state index in [1.54, 1.807) is 4.90 Å². The Hall–Kier alpha value is -1.55. The Labute approximate surface area is 82.0 Å². The van der Waals surface area contributed by atoms with Gasteiger partial charge in [0.15, 0.2) is 0 Å². The van der Waals surface area contributed by atoms with Crippen LogP contribution in [0.3, 0.4) is 0 Å². The van der Waals surface area contributed by atoms with E-state index in [0.29, 0.717) is 6.42 Å². The molecule has 0 bridgehead atoms. The number of carbonyl (C=O) groups is 1. The summed E-state index contributed by atoms with van der Waals surface area (Å²) in [7, 11) is 0. The fourth-order valence-corrected chi connectivity index (χ4v) is 2.01. The van der Waals surface area contributed by atoms with Gasteiger partial charge in [0.1, 0.15) is 0 Å². The number of rotatable bonds is 0. The van der Waals surface area contributed by atoms with Crippen LogP contribution in [0, 0.1) is 0 Å². The summed E-state index contributed by atoms with van der Waals surface area (Å²) in [6.07, 6.45) is 6.36. The second-order valence-electron chi connectivity index (χ2n) is 3.55. The zero-order chi connectivity index (χ0) is 9.54. The van der Waals surface area contributed by atoms with Crippen LogP contribution in [0.15, 0.2) is 35.3 Å². The number of carbonyl (C=O) groups excluding carboxylic acids is 1. The first-order chi connectivity index (χ1) is 6.86. The normalized spacial score (nSPS) is 24.4. The summed E-state index contributed by atoms with van der Waals surface area (Å²) in [6.45, 7) is 1.64. The van der Waals surface area contributed by atoms with Crippen LogP contribution in [0.5, 0.6) is 0 Å². The van der Waals surface area contributed by atoms with Crippen molar-refractivity contribution in [2.45, 2.75) is 6.42 Å². The van der Waals surface area contributed by atoms with E-state index in [1.807, 2.05) is 18.4 Å². The molecule has 0 radical (unpaired) electrons. The van der Waals surface area contributed by atoms with Gasteiger partial charge in [0.2, 0.25) is 5.91 Å². The molecular weight excluding hydrogens is 178 g/mol. The quantitative estimate of drug-likeness (QED) is 0.565. The maximum atomic E-state index is 11.4. The predicted molar refractivity (Wildman–Crippen MR) is 51.7 cm³/mol. The molecule has 3 rings (SSSR count). The largest absolute Gasteiger partial charge is 0.371 e. The second kappa shape index (κ2) is 2.72. The van der Waals surface area contributed by atoms with Crippen LogP contribution < -0.4 is 10.6 Å². The van der Waals surface area contributed by atoms with E-state index in [0.717, 1.165) is 24.6 Å². The van der Waals surface area contributed by atoms with E-state index in [-0.39, 0.29) is 5.91 Å². The molecule has 2 N–H and O–H groups in total. The van der Waals surface area contributed by atoms with E-state index < -0.39 is 0 Å². The molecule has 0 aromatic carbocycles. The van der Waals surface area contributed by atoms with Gasteiger partial charge in [0, 0.05) is 19.2 Å². The van der Waals surface area contributed by atoms with Crippen molar-refractivity contribution in [3.05, 3.63) is 35.3 Å². The van der Waals surface area contributed by atoms with Crippen LogP contribution in [-0.2, 0) is 4.79 Å². The van der Waals surface area contributed by atoms with Gasteiger partial charge in [-0.05, 0) is 17.7 Å². The van der Waals surface area contributed by atoms with Crippen LogP contribution in [0.1, 0.15) is 6.42 Å². The minimum absolute atomic E-state index is 0.156. The molecule has 0 spiro atoms. The van der Waals surface area contributed by atoms with Crippen molar-refractivity contribution in [3.63, 3.8) is 0 Å². The Balaban J connectivity index is 2.06. The predicted octanol–water partition coefficient (Wildman–Crippen LogP) is 0.0343. The van der Waals surface area contributed by atoms with Crippen LogP contribution in [0.2, 0.25) is 0 Å². The number of nitrogens with one attached hydrogen (secondary N) is 2. The average Bonchev–Trinajstić information content (AvgIpc) is 2.61. The molecule has 0 atom stereocenters. The first-order valence-electron chi connectivity index (χ1n) is 4.75. The highest BCUT2D eigenvalue weighted by atomic mass is 16.2. The van der Waals surface area contributed by atoms with E-state index in [2.05, 4.69) is 10.6 Å². The van der Waals surface area contributed by atoms with E-state index >= 15 is 0 Å². The number of amides is 1. The highest BCUT2D eigenvalue weighted by Gasteiger charge is 2.29. The Morgan fingerprint density at radius 2 is 2.36 bits per heavy atom. The molecule has 0 saturated carbocycles. The van der Waals surface area contributed by atoms with Crippen molar-refractivity contribution in [3.8, 4) is 0 Å². The minimum Gasteiger partial charge on any atom is -0.371 e. The lowest BCUT2D eigenvalue weighted by atomic mass is 10.1. The molecular formula is C10H11N3O. The summed E-state index contributed by atoms with van der Waals surface area (Å²) in [5.41, 5.74) is 3.36. The standard InChI is InChI=1S/C10H11N3O/c14-9-2-1-8-10-7(3-4-13(8)9)5-11-6-12-10/h1,3-4,11-12H,2,5-6H2. The average molecular weight is 189 g/mol. The van der Waals surface area contributed by atoms with Crippen LogP contribution >= 0.6 is 0 Å². The molecule has 72 valence electrons. The number of hydrogen-bond acceptors (Lipinski definition) is 3. The lowest BCUT2D eigenvalue weighted by Gasteiger charge is -2.29. The molecule has 0 unspecified atom stereocenters. The van der Waals surface area contributed by atoms with E-state index in [9.17, 15) is 4.79 Å². The van der Waals surface area contributed by atoms with Crippen molar-refractivity contribution in [1.82, 2.24) is 15.5 Å². The van der Waals surface area contributed by atoms with Crippen molar-refractivity contribution in [2.75, 3.05) is 13.2 Å². The van der Waals surface area contributed by atoms with E-state index in [1.165, 1.54) is 5.57 Å². The summed E-state index contributed by atoms with van der Waals surface area (Å²) in [6, 6.07) is 0. The van der Waals surface area contributed by atoms with E-state index in [4.69, 9.17) is 0 Å². The van der Waals surface area contributed by atoms with Crippen molar-refractivity contribution >= 4 is 5.91 Å². The minimum atomic E-state index is 0.156. The van der Waals surface area contributed by atoms with Crippen molar-refractivity contribution < 1.29 is 4.79 Å². The SMILES string of the molecule is O=C1CC=C2C3=C(C=CN12)CNCN3. The smallest absolute Gasteiger partial charge is 0.234 e. The molecule has 0 aliphatic carbocycles. The summed E-state index contributed by atoms with van der Waals surface area (Å²) >= 11 is 0. The Morgan fingerprint density at radius 1 is 1.43 bits per heavy atom. The molecule has 0 fully saturated rings. The van der Waals surface area contributed by atoms with Crippen molar-refractivity contribution in [1.29, 1.82) is 0 Å². The maximum absolute atomic E-state index is 11.4. The molecule has 0 aromatic heterocycles. The van der Waals surface area contributed by atoms with Crippen LogP contribution in [-0.4, -0.2) is 24.0 Å². The second-order valence-corrected chi connectivity index (χ2v) is 3.55. The summed E-state index contributed by atoms with van der Waals surface area (Å²) in [4.78, 5) is 13.2. The van der Waals surface area contributed by atoms with Gasteiger partial charge in [-0.1, -0.05) is 0 Å². The van der Waals surface area contributed by atoms with Gasteiger partial charge in [0.25, 0.3) is 0 Å². The molecule has 0 saturated heterocycles. The van der Waals surface area contributed by atoms with Gasteiger partial charge in [-0.15, -0.1) is 0 Å². The highest BCUT2D eigenvalue weighted by molar-refractivity contribution is 5.86. The lowest BCUT2D eigenvalue weighted by molar-refractivity contribution is -0.125. The Bertz CT molecular complexity index is 392. The topological polar surface area (TPSA) is 44.4 Å².